The average Bonchev–Trinajstić information content (AvgIpc) is 2.16. The number of rotatable bonds is 1. The largest absolute Gasteiger partial charge is 0.386 e. The molecule has 1 rings (SSSR count). The normalized spacial score (nSPS) is 41.3. The fourth-order valence-electron chi connectivity index (χ4n) is 1.28. The minimum atomic E-state index is -1.20. The molecule has 5 nitrogen and oxygen atoms in total. The molecule has 0 aromatic carbocycles. The molecule has 1 saturated heterocycles. The van der Waals surface area contributed by atoms with Crippen molar-refractivity contribution in [2.24, 2.45) is 0 Å². The molecule has 70 valence electrons. The predicted octanol–water partition coefficient (Wildman–Crippen LogP) is -1.41. The fraction of sp³-hybridized carbons (Fsp3) is 0.857. The van der Waals surface area contributed by atoms with Crippen LogP contribution in [0.1, 0.15) is 13.8 Å². The van der Waals surface area contributed by atoms with Gasteiger partial charge in [0.15, 0.2) is 6.29 Å². The second-order valence-electron chi connectivity index (χ2n) is 2.95. The molecule has 0 aromatic rings. The van der Waals surface area contributed by atoms with Crippen LogP contribution in [0.4, 0.5) is 0 Å². The summed E-state index contributed by atoms with van der Waals surface area (Å²) in [4.78, 5) is 10.6. The second-order valence-corrected chi connectivity index (χ2v) is 2.95. The topological polar surface area (TPSA) is 78.8 Å². The van der Waals surface area contributed by atoms with Crippen molar-refractivity contribution in [3.05, 3.63) is 0 Å². The molecular weight excluding hydrogens is 162 g/mol. The van der Waals surface area contributed by atoms with E-state index in [1.54, 1.807) is 6.92 Å². The maximum absolute atomic E-state index is 10.6. The molecule has 1 aliphatic rings. The Morgan fingerprint density at radius 2 is 2.08 bits per heavy atom. The average molecular weight is 175 g/mol. The molecule has 12 heavy (non-hydrogen) atoms. The van der Waals surface area contributed by atoms with Crippen molar-refractivity contribution in [2.75, 3.05) is 0 Å². The lowest BCUT2D eigenvalue weighted by atomic mass is 10.1. The fourth-order valence-corrected chi connectivity index (χ4v) is 1.28. The third-order valence-corrected chi connectivity index (χ3v) is 1.89. The molecule has 0 spiro atoms. The Morgan fingerprint density at radius 1 is 1.50 bits per heavy atom. The molecule has 5 heteroatoms. The van der Waals surface area contributed by atoms with Gasteiger partial charge in [-0.15, -0.1) is 0 Å². The molecule has 1 aliphatic heterocycles. The Morgan fingerprint density at radius 3 is 2.42 bits per heavy atom. The number of aliphatic hydroxyl groups excluding tert-OH is 2. The quantitative estimate of drug-likeness (QED) is 0.457. The molecule has 3 N–H and O–H groups in total. The summed E-state index contributed by atoms with van der Waals surface area (Å²) < 4.78 is 4.88. The minimum Gasteiger partial charge on any atom is -0.386 e. The van der Waals surface area contributed by atoms with Crippen molar-refractivity contribution in [3.63, 3.8) is 0 Å². The van der Waals surface area contributed by atoms with E-state index >= 15 is 0 Å². The van der Waals surface area contributed by atoms with Gasteiger partial charge in [0, 0.05) is 6.92 Å². The lowest BCUT2D eigenvalue weighted by Crippen LogP contribution is -2.46. The lowest BCUT2D eigenvalue weighted by molar-refractivity contribution is -0.124. The molecule has 1 amide bonds. The Hall–Kier alpha value is -0.650. The Bertz CT molecular complexity index is 184. The van der Waals surface area contributed by atoms with Gasteiger partial charge in [0.2, 0.25) is 5.91 Å². The van der Waals surface area contributed by atoms with E-state index < -0.39 is 18.4 Å². The van der Waals surface area contributed by atoms with Gasteiger partial charge in [-0.2, -0.15) is 0 Å². The van der Waals surface area contributed by atoms with Crippen molar-refractivity contribution in [3.8, 4) is 0 Å². The third-order valence-electron chi connectivity index (χ3n) is 1.89. The van der Waals surface area contributed by atoms with Gasteiger partial charge in [0.1, 0.15) is 6.10 Å². The molecule has 1 fully saturated rings. The molecule has 0 saturated carbocycles. The summed E-state index contributed by atoms with van der Waals surface area (Å²) in [7, 11) is 0. The van der Waals surface area contributed by atoms with Crippen LogP contribution in [0.2, 0.25) is 0 Å². The number of ether oxygens (including phenoxy) is 1. The van der Waals surface area contributed by atoms with Crippen molar-refractivity contribution in [2.45, 2.75) is 38.4 Å². The van der Waals surface area contributed by atoms with E-state index in [4.69, 9.17) is 9.84 Å². The zero-order valence-electron chi connectivity index (χ0n) is 7.02. The second kappa shape index (κ2) is 3.38. The maximum atomic E-state index is 10.6. The Kier molecular flexibility index (Phi) is 2.66. The zero-order chi connectivity index (χ0) is 9.30. The summed E-state index contributed by atoms with van der Waals surface area (Å²) in [5, 5.41) is 20.8. The van der Waals surface area contributed by atoms with Crippen molar-refractivity contribution < 1.29 is 19.7 Å². The van der Waals surface area contributed by atoms with Gasteiger partial charge in [0.05, 0.1) is 12.1 Å². The van der Waals surface area contributed by atoms with Gasteiger partial charge < -0.3 is 20.3 Å². The first-order chi connectivity index (χ1) is 5.52. The van der Waals surface area contributed by atoms with Crippen LogP contribution in [-0.4, -0.2) is 40.7 Å². The summed E-state index contributed by atoms with van der Waals surface area (Å²) in [5.41, 5.74) is 0. The Balaban J connectivity index is 2.57. The Labute approximate surface area is 70.3 Å². The highest BCUT2D eigenvalue weighted by Gasteiger charge is 2.40. The van der Waals surface area contributed by atoms with Crippen LogP contribution in [0.25, 0.3) is 0 Å². The third kappa shape index (κ3) is 1.74. The number of amides is 1. The number of hydrogen-bond donors (Lipinski definition) is 3. The summed E-state index contributed by atoms with van der Waals surface area (Å²) >= 11 is 0. The molecule has 0 bridgehead atoms. The SMILES string of the molecule is CC(=O)N[C@H]1[C@@H](C)OC(O)[C@@H]1O. The highest BCUT2D eigenvalue weighted by molar-refractivity contribution is 5.73. The number of aliphatic hydroxyl groups is 2. The van der Waals surface area contributed by atoms with Crippen LogP contribution in [0.15, 0.2) is 0 Å². The first-order valence-electron chi connectivity index (χ1n) is 3.81. The number of carbonyl (C=O) groups excluding carboxylic acids is 1. The predicted molar refractivity (Wildman–Crippen MR) is 40.2 cm³/mol. The van der Waals surface area contributed by atoms with Crippen molar-refractivity contribution in [1.82, 2.24) is 5.32 Å². The van der Waals surface area contributed by atoms with Crippen LogP contribution >= 0.6 is 0 Å². The zero-order valence-corrected chi connectivity index (χ0v) is 7.02. The lowest BCUT2D eigenvalue weighted by Gasteiger charge is -2.17. The van der Waals surface area contributed by atoms with E-state index in [1.807, 2.05) is 0 Å². The molecule has 4 atom stereocenters. The highest BCUT2D eigenvalue weighted by Crippen LogP contribution is 2.18. The van der Waals surface area contributed by atoms with Gasteiger partial charge in [-0.1, -0.05) is 0 Å². The standard InChI is InChI=1S/C7H13NO4/c1-3-5(8-4(2)9)6(10)7(11)12-3/h3,5-7,10-11H,1-2H3,(H,8,9)/t3-,5+,6-,7?/m1/s1. The van der Waals surface area contributed by atoms with E-state index in [1.165, 1.54) is 6.92 Å². The first-order valence-corrected chi connectivity index (χ1v) is 3.81. The van der Waals surface area contributed by atoms with E-state index in [0.717, 1.165) is 0 Å². The van der Waals surface area contributed by atoms with Crippen LogP contribution < -0.4 is 5.32 Å². The van der Waals surface area contributed by atoms with Crippen molar-refractivity contribution >= 4 is 5.91 Å². The molecule has 0 aromatic heterocycles. The van der Waals surface area contributed by atoms with Crippen LogP contribution in [0.3, 0.4) is 0 Å². The van der Waals surface area contributed by atoms with Crippen LogP contribution in [0.5, 0.6) is 0 Å². The number of nitrogens with one attached hydrogen (secondary N) is 1. The van der Waals surface area contributed by atoms with Gasteiger partial charge >= 0.3 is 0 Å². The summed E-state index contributed by atoms with van der Waals surface area (Å²) in [6.45, 7) is 3.03. The molecule has 0 aliphatic carbocycles. The van der Waals surface area contributed by atoms with Gasteiger partial charge in [-0.05, 0) is 6.92 Å². The van der Waals surface area contributed by atoms with Gasteiger partial charge in [0.25, 0.3) is 0 Å². The van der Waals surface area contributed by atoms with E-state index in [0.29, 0.717) is 0 Å². The highest BCUT2D eigenvalue weighted by atomic mass is 16.6. The van der Waals surface area contributed by atoms with E-state index in [2.05, 4.69) is 5.32 Å². The van der Waals surface area contributed by atoms with Crippen LogP contribution in [-0.2, 0) is 9.53 Å². The monoisotopic (exact) mass is 175 g/mol. The number of hydrogen-bond acceptors (Lipinski definition) is 4. The molecule has 0 radical (unpaired) electrons. The summed E-state index contributed by atoms with van der Waals surface area (Å²) in [5.74, 6) is -0.247. The van der Waals surface area contributed by atoms with Gasteiger partial charge in [-0.3, -0.25) is 4.79 Å². The van der Waals surface area contributed by atoms with E-state index in [-0.39, 0.29) is 12.0 Å². The number of carbonyl (C=O) groups is 1. The van der Waals surface area contributed by atoms with Crippen LogP contribution in [0, 0.1) is 0 Å². The summed E-state index contributed by atoms with van der Waals surface area (Å²) in [6.07, 6.45) is -2.60. The maximum Gasteiger partial charge on any atom is 0.217 e. The summed E-state index contributed by atoms with van der Waals surface area (Å²) in [6, 6.07) is -0.516. The molecule has 1 heterocycles. The van der Waals surface area contributed by atoms with Gasteiger partial charge in [-0.25, -0.2) is 0 Å². The minimum absolute atomic E-state index is 0.247. The van der Waals surface area contributed by atoms with Crippen molar-refractivity contribution in [1.29, 1.82) is 0 Å². The molecule has 1 unspecified atom stereocenters. The van der Waals surface area contributed by atoms with E-state index in [9.17, 15) is 9.90 Å². The smallest absolute Gasteiger partial charge is 0.217 e. The first kappa shape index (κ1) is 9.44. The molecular formula is C7H13NO4.